The molecule has 4 heteroatoms. The van der Waals surface area contributed by atoms with E-state index in [4.69, 9.17) is 9.15 Å². The molecule has 0 N–H and O–H groups in total. The molecule has 0 amide bonds. The monoisotopic (exact) mass is 397 g/mol. The van der Waals surface area contributed by atoms with Crippen LogP contribution in [0.3, 0.4) is 0 Å². The average molecular weight is 397 g/mol. The molecular formula is C26H23NO3. The van der Waals surface area contributed by atoms with Gasteiger partial charge in [0.1, 0.15) is 11.3 Å². The molecule has 1 saturated heterocycles. The molecule has 1 aromatic heterocycles. The Morgan fingerprint density at radius 3 is 2.37 bits per heavy atom. The molecule has 2 heterocycles. The van der Waals surface area contributed by atoms with Crippen molar-refractivity contribution < 1.29 is 9.15 Å². The summed E-state index contributed by atoms with van der Waals surface area (Å²) >= 11 is 0. The SMILES string of the molecule is O=c1cc(-c2ccccc2)oc2cc(-c3cccc(CN4CCOCC4)c3)ccc12. The second-order valence-electron chi connectivity index (χ2n) is 7.64. The van der Waals surface area contributed by atoms with E-state index in [1.807, 2.05) is 48.5 Å². The Morgan fingerprint density at radius 1 is 0.767 bits per heavy atom. The van der Waals surface area contributed by atoms with Gasteiger partial charge in [-0.2, -0.15) is 0 Å². The number of ether oxygens (including phenoxy) is 1. The predicted octanol–water partition coefficient (Wildman–Crippen LogP) is 4.96. The van der Waals surface area contributed by atoms with Gasteiger partial charge in [0.25, 0.3) is 0 Å². The summed E-state index contributed by atoms with van der Waals surface area (Å²) in [5, 5.41) is 0.600. The Bertz CT molecular complexity index is 1220. The summed E-state index contributed by atoms with van der Waals surface area (Å²) in [6, 6.07) is 25.7. The van der Waals surface area contributed by atoms with Gasteiger partial charge in [-0.05, 0) is 34.9 Å². The largest absolute Gasteiger partial charge is 0.456 e. The minimum absolute atomic E-state index is 0.0253. The zero-order chi connectivity index (χ0) is 20.3. The molecule has 0 unspecified atom stereocenters. The second-order valence-corrected chi connectivity index (χ2v) is 7.64. The molecule has 0 atom stereocenters. The van der Waals surface area contributed by atoms with Crippen molar-refractivity contribution in [2.24, 2.45) is 0 Å². The van der Waals surface area contributed by atoms with Crippen LogP contribution in [0.25, 0.3) is 33.4 Å². The van der Waals surface area contributed by atoms with Gasteiger partial charge >= 0.3 is 0 Å². The number of fused-ring (bicyclic) bond motifs is 1. The average Bonchev–Trinajstić information content (AvgIpc) is 2.80. The minimum atomic E-state index is -0.0253. The summed E-state index contributed by atoms with van der Waals surface area (Å²) in [4.78, 5) is 15.0. The van der Waals surface area contributed by atoms with Gasteiger partial charge < -0.3 is 9.15 Å². The molecular weight excluding hydrogens is 374 g/mol. The Hall–Kier alpha value is -3.21. The molecule has 1 fully saturated rings. The fourth-order valence-corrected chi connectivity index (χ4v) is 3.95. The minimum Gasteiger partial charge on any atom is -0.456 e. The summed E-state index contributed by atoms with van der Waals surface area (Å²) < 4.78 is 11.6. The standard InChI is InChI=1S/C26H23NO3/c28-24-17-25(20-6-2-1-3-7-20)30-26-16-22(9-10-23(24)26)21-8-4-5-19(15-21)18-27-11-13-29-14-12-27/h1-10,15-17H,11-14,18H2. The van der Waals surface area contributed by atoms with Crippen molar-refractivity contribution in [3.05, 3.63) is 94.6 Å². The van der Waals surface area contributed by atoms with E-state index in [-0.39, 0.29) is 5.43 Å². The van der Waals surface area contributed by atoms with E-state index in [9.17, 15) is 4.79 Å². The quantitative estimate of drug-likeness (QED) is 0.488. The third-order valence-corrected chi connectivity index (χ3v) is 5.56. The first-order valence-electron chi connectivity index (χ1n) is 10.3. The van der Waals surface area contributed by atoms with Gasteiger partial charge in [-0.15, -0.1) is 0 Å². The molecule has 0 radical (unpaired) electrons. The van der Waals surface area contributed by atoms with Crippen LogP contribution in [0, 0.1) is 0 Å². The molecule has 1 aliphatic heterocycles. The smallest absolute Gasteiger partial charge is 0.193 e. The van der Waals surface area contributed by atoms with E-state index in [0.29, 0.717) is 16.7 Å². The maximum atomic E-state index is 12.6. The van der Waals surface area contributed by atoms with Crippen molar-refractivity contribution in [1.29, 1.82) is 0 Å². The fraction of sp³-hybridized carbons (Fsp3) is 0.192. The summed E-state index contributed by atoms with van der Waals surface area (Å²) in [6.07, 6.45) is 0. The number of morpholine rings is 1. The maximum Gasteiger partial charge on any atom is 0.193 e. The highest BCUT2D eigenvalue weighted by atomic mass is 16.5. The van der Waals surface area contributed by atoms with E-state index >= 15 is 0 Å². The molecule has 0 spiro atoms. The summed E-state index contributed by atoms with van der Waals surface area (Å²) in [7, 11) is 0. The van der Waals surface area contributed by atoms with Crippen LogP contribution in [0.2, 0.25) is 0 Å². The normalized spacial score (nSPS) is 14.8. The first-order valence-corrected chi connectivity index (χ1v) is 10.3. The Kier molecular flexibility index (Phi) is 5.18. The molecule has 4 aromatic rings. The van der Waals surface area contributed by atoms with Crippen LogP contribution in [0.5, 0.6) is 0 Å². The van der Waals surface area contributed by atoms with Gasteiger partial charge in [0.2, 0.25) is 0 Å². The zero-order valence-electron chi connectivity index (χ0n) is 16.7. The first kappa shape index (κ1) is 18.8. The van der Waals surface area contributed by atoms with Crippen molar-refractivity contribution in [1.82, 2.24) is 4.90 Å². The topological polar surface area (TPSA) is 42.7 Å². The van der Waals surface area contributed by atoms with E-state index in [2.05, 4.69) is 29.2 Å². The number of benzene rings is 3. The number of hydrogen-bond donors (Lipinski definition) is 0. The highest BCUT2D eigenvalue weighted by Crippen LogP contribution is 2.27. The summed E-state index contributed by atoms with van der Waals surface area (Å²) in [6.45, 7) is 4.44. The Labute approximate surface area is 175 Å². The van der Waals surface area contributed by atoms with Crippen LogP contribution < -0.4 is 5.43 Å². The van der Waals surface area contributed by atoms with Crippen molar-refractivity contribution in [3.63, 3.8) is 0 Å². The third kappa shape index (κ3) is 3.92. The number of nitrogens with zero attached hydrogens (tertiary/aromatic N) is 1. The maximum absolute atomic E-state index is 12.6. The zero-order valence-corrected chi connectivity index (χ0v) is 16.7. The van der Waals surface area contributed by atoms with Crippen molar-refractivity contribution in [2.45, 2.75) is 6.54 Å². The van der Waals surface area contributed by atoms with Crippen molar-refractivity contribution in [2.75, 3.05) is 26.3 Å². The summed E-state index contributed by atoms with van der Waals surface area (Å²) in [5.41, 5.74) is 4.92. The van der Waals surface area contributed by atoms with Gasteiger partial charge in [-0.3, -0.25) is 9.69 Å². The molecule has 4 nitrogen and oxygen atoms in total. The van der Waals surface area contributed by atoms with E-state index in [1.165, 1.54) is 5.56 Å². The van der Waals surface area contributed by atoms with Crippen LogP contribution >= 0.6 is 0 Å². The molecule has 30 heavy (non-hydrogen) atoms. The predicted molar refractivity (Wildman–Crippen MR) is 119 cm³/mol. The van der Waals surface area contributed by atoms with E-state index < -0.39 is 0 Å². The molecule has 5 rings (SSSR count). The van der Waals surface area contributed by atoms with Crippen LogP contribution in [0.1, 0.15) is 5.56 Å². The number of hydrogen-bond acceptors (Lipinski definition) is 4. The van der Waals surface area contributed by atoms with Gasteiger partial charge in [-0.1, -0.05) is 54.6 Å². The lowest BCUT2D eigenvalue weighted by molar-refractivity contribution is 0.0342. The van der Waals surface area contributed by atoms with Crippen LogP contribution in [0.15, 0.2) is 88.1 Å². The number of rotatable bonds is 4. The highest BCUT2D eigenvalue weighted by molar-refractivity contribution is 5.84. The molecule has 0 aliphatic carbocycles. The second kappa shape index (κ2) is 8.27. The van der Waals surface area contributed by atoms with Gasteiger partial charge in [0.15, 0.2) is 5.43 Å². The molecule has 0 bridgehead atoms. The summed E-state index contributed by atoms with van der Waals surface area (Å²) in [5.74, 6) is 0.589. The van der Waals surface area contributed by atoms with Gasteiger partial charge in [0, 0.05) is 31.3 Å². The van der Waals surface area contributed by atoms with E-state index in [1.54, 1.807) is 6.07 Å². The van der Waals surface area contributed by atoms with Crippen LogP contribution in [-0.4, -0.2) is 31.2 Å². The van der Waals surface area contributed by atoms with Crippen LogP contribution in [-0.2, 0) is 11.3 Å². The highest BCUT2D eigenvalue weighted by Gasteiger charge is 2.12. The van der Waals surface area contributed by atoms with Crippen molar-refractivity contribution >= 4 is 11.0 Å². The lowest BCUT2D eigenvalue weighted by Gasteiger charge is -2.26. The Morgan fingerprint density at radius 2 is 1.53 bits per heavy atom. The van der Waals surface area contributed by atoms with Gasteiger partial charge in [0.05, 0.1) is 18.6 Å². The fourth-order valence-electron chi connectivity index (χ4n) is 3.95. The molecule has 3 aromatic carbocycles. The Balaban J connectivity index is 1.50. The van der Waals surface area contributed by atoms with Crippen molar-refractivity contribution in [3.8, 4) is 22.5 Å². The third-order valence-electron chi connectivity index (χ3n) is 5.56. The van der Waals surface area contributed by atoms with E-state index in [0.717, 1.165) is 49.5 Å². The van der Waals surface area contributed by atoms with Crippen LogP contribution in [0.4, 0.5) is 0 Å². The molecule has 150 valence electrons. The first-order chi connectivity index (χ1) is 14.8. The lowest BCUT2D eigenvalue weighted by Crippen LogP contribution is -2.35. The molecule has 0 saturated carbocycles. The molecule has 1 aliphatic rings. The van der Waals surface area contributed by atoms with Gasteiger partial charge in [-0.25, -0.2) is 0 Å². The lowest BCUT2D eigenvalue weighted by atomic mass is 10.0.